The molecule has 4 nitrogen and oxygen atoms in total. The van der Waals surface area contributed by atoms with Crippen molar-refractivity contribution in [1.82, 2.24) is 4.72 Å². The molecule has 0 atom stereocenters. The minimum atomic E-state index is -3.14. The van der Waals surface area contributed by atoms with Crippen molar-refractivity contribution in [2.75, 3.05) is 19.4 Å². The van der Waals surface area contributed by atoms with Gasteiger partial charge in [0.05, 0.1) is 12.9 Å². The van der Waals surface area contributed by atoms with Crippen molar-refractivity contribution < 1.29 is 13.2 Å². The van der Waals surface area contributed by atoms with Gasteiger partial charge in [0, 0.05) is 6.54 Å². The minimum Gasteiger partial charge on any atom is -0.496 e. The van der Waals surface area contributed by atoms with E-state index in [0.29, 0.717) is 19.4 Å². The van der Waals surface area contributed by atoms with E-state index < -0.39 is 10.0 Å². The standard InChI is InChI=1S/C15H25NO3S/c1-5-6-9-20(17,18)16-8-7-14-10-12(2)13(3)11-15(14)19-4/h10-11,16H,5-9H2,1-4H3. The molecule has 0 aliphatic carbocycles. The fourth-order valence-corrected chi connectivity index (χ4v) is 3.21. The summed E-state index contributed by atoms with van der Waals surface area (Å²) in [7, 11) is -1.50. The van der Waals surface area contributed by atoms with Gasteiger partial charge in [0.25, 0.3) is 0 Å². The molecule has 0 bridgehead atoms. The van der Waals surface area contributed by atoms with Gasteiger partial charge in [0.15, 0.2) is 0 Å². The molecule has 5 heteroatoms. The first-order valence-corrected chi connectivity index (χ1v) is 8.66. The van der Waals surface area contributed by atoms with Crippen LogP contribution in [0.5, 0.6) is 5.75 Å². The Morgan fingerprint density at radius 3 is 2.45 bits per heavy atom. The molecule has 0 heterocycles. The van der Waals surface area contributed by atoms with Crippen LogP contribution >= 0.6 is 0 Å². The summed E-state index contributed by atoms with van der Waals surface area (Å²) in [6.45, 7) is 6.47. The lowest BCUT2D eigenvalue weighted by molar-refractivity contribution is 0.409. The lowest BCUT2D eigenvalue weighted by Gasteiger charge is -2.12. The van der Waals surface area contributed by atoms with Gasteiger partial charge in [0.1, 0.15) is 5.75 Å². The van der Waals surface area contributed by atoms with Crippen LogP contribution in [0.2, 0.25) is 0 Å². The van der Waals surface area contributed by atoms with Crippen molar-refractivity contribution in [3.63, 3.8) is 0 Å². The zero-order valence-corrected chi connectivity index (χ0v) is 13.6. The lowest BCUT2D eigenvalue weighted by Crippen LogP contribution is -2.28. The highest BCUT2D eigenvalue weighted by atomic mass is 32.2. The second-order valence-corrected chi connectivity index (χ2v) is 6.99. The van der Waals surface area contributed by atoms with E-state index >= 15 is 0 Å². The van der Waals surface area contributed by atoms with E-state index in [2.05, 4.69) is 10.8 Å². The van der Waals surface area contributed by atoms with Gasteiger partial charge in [-0.1, -0.05) is 19.4 Å². The lowest BCUT2D eigenvalue weighted by atomic mass is 10.0. The van der Waals surface area contributed by atoms with Crippen LogP contribution in [0, 0.1) is 13.8 Å². The molecule has 20 heavy (non-hydrogen) atoms. The van der Waals surface area contributed by atoms with Crippen LogP contribution in [0.4, 0.5) is 0 Å². The molecule has 114 valence electrons. The van der Waals surface area contributed by atoms with Crippen LogP contribution in [0.1, 0.15) is 36.5 Å². The van der Waals surface area contributed by atoms with Crippen LogP contribution in [0.15, 0.2) is 12.1 Å². The Kier molecular flexibility index (Phi) is 6.49. The second kappa shape index (κ2) is 7.64. The molecule has 0 saturated heterocycles. The third kappa shape index (κ3) is 5.13. The molecular weight excluding hydrogens is 274 g/mol. The molecule has 1 aromatic carbocycles. The fraction of sp³-hybridized carbons (Fsp3) is 0.600. The zero-order chi connectivity index (χ0) is 15.2. The summed E-state index contributed by atoms with van der Waals surface area (Å²) in [5, 5.41) is 0. The number of unbranched alkanes of at least 4 members (excludes halogenated alkanes) is 1. The fourth-order valence-electron chi connectivity index (χ4n) is 1.98. The summed E-state index contributed by atoms with van der Waals surface area (Å²) in [6, 6.07) is 4.06. The van der Waals surface area contributed by atoms with Crippen molar-refractivity contribution in [3.8, 4) is 5.75 Å². The summed E-state index contributed by atoms with van der Waals surface area (Å²) in [4.78, 5) is 0. The zero-order valence-electron chi connectivity index (χ0n) is 12.8. The number of hydrogen-bond donors (Lipinski definition) is 1. The highest BCUT2D eigenvalue weighted by molar-refractivity contribution is 7.89. The van der Waals surface area contributed by atoms with Gasteiger partial charge in [-0.05, 0) is 49.4 Å². The number of benzene rings is 1. The van der Waals surface area contributed by atoms with Gasteiger partial charge in [-0.2, -0.15) is 0 Å². The van der Waals surface area contributed by atoms with Crippen molar-refractivity contribution in [2.24, 2.45) is 0 Å². The summed E-state index contributed by atoms with van der Waals surface area (Å²) < 4.78 is 31.4. The largest absolute Gasteiger partial charge is 0.496 e. The van der Waals surface area contributed by atoms with Crippen molar-refractivity contribution in [3.05, 3.63) is 28.8 Å². The molecular formula is C15H25NO3S. The molecule has 0 spiro atoms. The molecule has 1 rings (SSSR count). The van der Waals surface area contributed by atoms with Crippen molar-refractivity contribution in [2.45, 2.75) is 40.0 Å². The SMILES string of the molecule is CCCCS(=O)(=O)NCCc1cc(C)c(C)cc1OC. The Morgan fingerprint density at radius 1 is 1.20 bits per heavy atom. The number of nitrogens with one attached hydrogen (secondary N) is 1. The third-order valence-corrected chi connectivity index (χ3v) is 4.85. The average Bonchev–Trinajstić information content (AvgIpc) is 2.40. The maximum atomic E-state index is 11.7. The summed E-state index contributed by atoms with van der Waals surface area (Å²) in [5.41, 5.74) is 3.40. The Bertz CT molecular complexity index is 538. The van der Waals surface area contributed by atoms with E-state index in [1.54, 1.807) is 7.11 Å². The number of aryl methyl sites for hydroxylation is 2. The van der Waals surface area contributed by atoms with Crippen LogP contribution < -0.4 is 9.46 Å². The highest BCUT2D eigenvalue weighted by Gasteiger charge is 2.10. The van der Waals surface area contributed by atoms with E-state index in [1.165, 1.54) is 11.1 Å². The van der Waals surface area contributed by atoms with Crippen LogP contribution in [-0.2, 0) is 16.4 Å². The number of rotatable bonds is 8. The quantitative estimate of drug-likeness (QED) is 0.802. The maximum Gasteiger partial charge on any atom is 0.211 e. The topological polar surface area (TPSA) is 55.4 Å². The van der Waals surface area contributed by atoms with Gasteiger partial charge in [-0.3, -0.25) is 0 Å². The van der Waals surface area contributed by atoms with Crippen LogP contribution in [-0.4, -0.2) is 27.8 Å². The third-order valence-electron chi connectivity index (χ3n) is 3.38. The first-order chi connectivity index (χ1) is 9.39. The minimum absolute atomic E-state index is 0.202. The number of sulfonamides is 1. The molecule has 0 radical (unpaired) electrons. The molecule has 0 fully saturated rings. The number of methoxy groups -OCH3 is 1. The van der Waals surface area contributed by atoms with Gasteiger partial charge in [-0.25, -0.2) is 13.1 Å². The van der Waals surface area contributed by atoms with Crippen LogP contribution in [0.25, 0.3) is 0 Å². The Morgan fingerprint density at radius 2 is 1.85 bits per heavy atom. The predicted octanol–water partition coefficient (Wildman–Crippen LogP) is 2.57. The number of ether oxygens (including phenoxy) is 1. The van der Waals surface area contributed by atoms with E-state index in [0.717, 1.165) is 17.7 Å². The molecule has 0 aliphatic rings. The molecule has 0 amide bonds. The van der Waals surface area contributed by atoms with E-state index in [4.69, 9.17) is 4.74 Å². The van der Waals surface area contributed by atoms with Gasteiger partial charge < -0.3 is 4.74 Å². The first-order valence-electron chi connectivity index (χ1n) is 7.01. The smallest absolute Gasteiger partial charge is 0.211 e. The molecule has 0 aromatic heterocycles. The highest BCUT2D eigenvalue weighted by Crippen LogP contribution is 2.23. The Hall–Kier alpha value is -1.07. The van der Waals surface area contributed by atoms with E-state index in [9.17, 15) is 8.42 Å². The molecule has 1 aromatic rings. The molecule has 0 aliphatic heterocycles. The Balaban J connectivity index is 2.64. The second-order valence-electron chi connectivity index (χ2n) is 5.07. The Labute approximate surface area is 122 Å². The van der Waals surface area contributed by atoms with E-state index in [1.807, 2.05) is 26.8 Å². The van der Waals surface area contributed by atoms with Gasteiger partial charge >= 0.3 is 0 Å². The van der Waals surface area contributed by atoms with Gasteiger partial charge in [0.2, 0.25) is 10.0 Å². The molecule has 1 N–H and O–H groups in total. The van der Waals surface area contributed by atoms with E-state index in [-0.39, 0.29) is 5.75 Å². The predicted molar refractivity (Wildman–Crippen MR) is 82.9 cm³/mol. The maximum absolute atomic E-state index is 11.7. The van der Waals surface area contributed by atoms with Crippen LogP contribution in [0.3, 0.4) is 0 Å². The number of hydrogen-bond acceptors (Lipinski definition) is 3. The van der Waals surface area contributed by atoms with Crippen molar-refractivity contribution >= 4 is 10.0 Å². The monoisotopic (exact) mass is 299 g/mol. The average molecular weight is 299 g/mol. The molecule has 0 saturated carbocycles. The first kappa shape index (κ1) is 17.0. The summed E-state index contributed by atoms with van der Waals surface area (Å²) >= 11 is 0. The summed E-state index contributed by atoms with van der Waals surface area (Å²) in [5.74, 6) is 1.02. The van der Waals surface area contributed by atoms with Crippen molar-refractivity contribution in [1.29, 1.82) is 0 Å². The molecule has 0 unspecified atom stereocenters. The normalized spacial score (nSPS) is 11.6. The summed E-state index contributed by atoms with van der Waals surface area (Å²) in [6.07, 6.45) is 2.21. The van der Waals surface area contributed by atoms with Gasteiger partial charge in [-0.15, -0.1) is 0 Å².